The van der Waals surface area contributed by atoms with Gasteiger partial charge in [-0.3, -0.25) is 0 Å². The highest BCUT2D eigenvalue weighted by atomic mass is 15.1. The van der Waals surface area contributed by atoms with Crippen LogP contribution in [0.25, 0.3) is 44.9 Å². The first-order chi connectivity index (χ1) is 26.8. The van der Waals surface area contributed by atoms with Gasteiger partial charge in [0.15, 0.2) is 0 Å². The van der Waals surface area contributed by atoms with Gasteiger partial charge in [0.05, 0.1) is 16.9 Å². The van der Waals surface area contributed by atoms with Crippen molar-refractivity contribution in [3.63, 3.8) is 0 Å². The quantitative estimate of drug-likeness (QED) is 0.162. The van der Waals surface area contributed by atoms with E-state index in [4.69, 9.17) is 0 Å². The Morgan fingerprint density at radius 2 is 1.15 bits per heavy atom. The normalized spacial score (nSPS) is 15.7. The Kier molecular flexibility index (Phi) is 8.00. The van der Waals surface area contributed by atoms with Crippen molar-refractivity contribution < 1.29 is 0 Å². The minimum absolute atomic E-state index is 0.109. The van der Waals surface area contributed by atoms with Crippen molar-refractivity contribution >= 4 is 34.0 Å². The summed E-state index contributed by atoms with van der Waals surface area (Å²) in [5, 5.41) is 1.30. The molecule has 2 aliphatic carbocycles. The van der Waals surface area contributed by atoms with Crippen LogP contribution >= 0.6 is 0 Å². The standard InChI is InChI=1S/C52H38N2/c1-4-18-37(19-5-1)39-23-16-27-43(34-39)53(48-32-14-12-29-45(48)38-20-6-2-7-21-38)44-28-17-24-41(35-44)51-46-30-11-10-22-40(46)36-50-52(51)47-31-13-15-33-49(47)54(50)42-25-8-3-9-26-42/h1-36,46,51H. The molecule has 54 heavy (non-hydrogen) atoms. The van der Waals surface area contributed by atoms with Gasteiger partial charge in [0.2, 0.25) is 0 Å². The fourth-order valence-corrected chi connectivity index (χ4v) is 8.61. The lowest BCUT2D eigenvalue weighted by Gasteiger charge is -2.34. The van der Waals surface area contributed by atoms with Gasteiger partial charge < -0.3 is 9.47 Å². The van der Waals surface area contributed by atoms with E-state index in [0.29, 0.717) is 0 Å². The maximum Gasteiger partial charge on any atom is 0.0540 e. The van der Waals surface area contributed by atoms with E-state index in [1.165, 1.54) is 61.2 Å². The van der Waals surface area contributed by atoms with Gasteiger partial charge in [-0.2, -0.15) is 0 Å². The van der Waals surface area contributed by atoms with Crippen molar-refractivity contribution in [1.82, 2.24) is 4.57 Å². The lowest BCUT2D eigenvalue weighted by molar-refractivity contribution is 0.653. The summed E-state index contributed by atoms with van der Waals surface area (Å²) in [5.41, 5.74) is 15.8. The van der Waals surface area contributed by atoms with E-state index in [2.05, 4.69) is 228 Å². The van der Waals surface area contributed by atoms with Crippen molar-refractivity contribution in [3.8, 4) is 27.9 Å². The molecule has 0 saturated heterocycles. The molecule has 2 heteroatoms. The third kappa shape index (κ3) is 5.52. The highest BCUT2D eigenvalue weighted by Gasteiger charge is 2.36. The van der Waals surface area contributed by atoms with Gasteiger partial charge >= 0.3 is 0 Å². The lowest BCUT2D eigenvalue weighted by atomic mass is 9.71. The number of fused-ring (bicyclic) bond motifs is 4. The highest BCUT2D eigenvalue weighted by molar-refractivity contribution is 5.94. The molecular formula is C52H38N2. The van der Waals surface area contributed by atoms with E-state index in [1.807, 2.05) is 0 Å². The molecule has 2 unspecified atom stereocenters. The molecule has 0 fully saturated rings. The zero-order chi connectivity index (χ0) is 35.8. The van der Waals surface area contributed by atoms with Gasteiger partial charge in [-0.25, -0.2) is 0 Å². The van der Waals surface area contributed by atoms with E-state index in [0.717, 1.165) is 17.1 Å². The van der Waals surface area contributed by atoms with Gasteiger partial charge in [-0.15, -0.1) is 0 Å². The number of hydrogen-bond acceptors (Lipinski definition) is 1. The van der Waals surface area contributed by atoms with Gasteiger partial charge in [-0.1, -0.05) is 164 Å². The third-order valence-electron chi connectivity index (χ3n) is 11.0. The summed E-state index contributed by atoms with van der Waals surface area (Å²) in [6.45, 7) is 0. The molecule has 0 saturated carbocycles. The largest absolute Gasteiger partial charge is 0.310 e. The summed E-state index contributed by atoms with van der Waals surface area (Å²) in [7, 11) is 0. The van der Waals surface area contributed by atoms with Crippen molar-refractivity contribution in [2.75, 3.05) is 4.90 Å². The van der Waals surface area contributed by atoms with Crippen molar-refractivity contribution in [1.29, 1.82) is 0 Å². The minimum atomic E-state index is 0.109. The number of allylic oxidation sites excluding steroid dienone is 5. The first kappa shape index (κ1) is 31.8. The Morgan fingerprint density at radius 3 is 1.96 bits per heavy atom. The Morgan fingerprint density at radius 1 is 0.500 bits per heavy atom. The molecule has 0 spiro atoms. The summed E-state index contributed by atoms with van der Waals surface area (Å²) in [4.78, 5) is 2.45. The fourth-order valence-electron chi connectivity index (χ4n) is 8.61. The van der Waals surface area contributed by atoms with E-state index >= 15 is 0 Å². The molecule has 0 radical (unpaired) electrons. The summed E-state index contributed by atoms with van der Waals surface area (Å²) >= 11 is 0. The predicted octanol–water partition coefficient (Wildman–Crippen LogP) is 13.7. The number of rotatable bonds is 7. The Bertz CT molecular complexity index is 2720. The van der Waals surface area contributed by atoms with E-state index in [9.17, 15) is 0 Å². The lowest BCUT2D eigenvalue weighted by Crippen LogP contribution is -2.21. The van der Waals surface area contributed by atoms with Crippen LogP contribution < -0.4 is 4.90 Å². The maximum absolute atomic E-state index is 2.45. The van der Waals surface area contributed by atoms with Crippen LogP contribution in [0.3, 0.4) is 0 Å². The monoisotopic (exact) mass is 690 g/mol. The molecule has 2 atom stereocenters. The highest BCUT2D eigenvalue weighted by Crippen LogP contribution is 2.51. The Balaban J connectivity index is 1.20. The van der Waals surface area contributed by atoms with E-state index < -0.39 is 0 Å². The van der Waals surface area contributed by atoms with Crippen LogP contribution in [0.4, 0.5) is 17.1 Å². The topological polar surface area (TPSA) is 8.17 Å². The SMILES string of the molecule is C1=CC2=Cc3c(c4ccccc4n3-c3ccccc3)C(c3cccc(N(c4cccc(-c5ccccc5)c4)c4ccccc4-c4ccccc4)c3)C2C=C1. The van der Waals surface area contributed by atoms with Crippen molar-refractivity contribution in [2.24, 2.45) is 5.92 Å². The molecule has 0 aliphatic heterocycles. The van der Waals surface area contributed by atoms with E-state index in [1.54, 1.807) is 0 Å². The number of aromatic nitrogens is 1. The molecule has 2 nitrogen and oxygen atoms in total. The molecule has 7 aromatic carbocycles. The zero-order valence-electron chi connectivity index (χ0n) is 29.8. The summed E-state index contributed by atoms with van der Waals surface area (Å²) in [6.07, 6.45) is 11.5. The van der Waals surface area contributed by atoms with Gasteiger partial charge in [0, 0.05) is 39.8 Å². The van der Waals surface area contributed by atoms with Crippen molar-refractivity contribution in [2.45, 2.75) is 5.92 Å². The maximum atomic E-state index is 2.45. The number of hydrogen-bond donors (Lipinski definition) is 0. The number of anilines is 3. The predicted molar refractivity (Wildman–Crippen MR) is 227 cm³/mol. The smallest absolute Gasteiger partial charge is 0.0540 e. The molecule has 0 amide bonds. The summed E-state index contributed by atoms with van der Waals surface area (Å²) in [5.74, 6) is 0.317. The average Bonchev–Trinajstić information content (AvgIpc) is 3.58. The molecule has 0 N–H and O–H groups in total. The van der Waals surface area contributed by atoms with Crippen LogP contribution in [0.2, 0.25) is 0 Å². The first-order valence-electron chi connectivity index (χ1n) is 18.8. The van der Waals surface area contributed by atoms with Crippen LogP contribution in [0, 0.1) is 5.92 Å². The van der Waals surface area contributed by atoms with Gasteiger partial charge in [0.25, 0.3) is 0 Å². The second-order valence-corrected chi connectivity index (χ2v) is 14.1. The van der Waals surface area contributed by atoms with E-state index in [-0.39, 0.29) is 11.8 Å². The second kappa shape index (κ2) is 13.6. The van der Waals surface area contributed by atoms with Gasteiger partial charge in [0.1, 0.15) is 0 Å². The Hall–Kier alpha value is -6.90. The second-order valence-electron chi connectivity index (χ2n) is 14.1. The molecule has 256 valence electrons. The molecule has 1 heterocycles. The molecule has 2 aliphatic rings. The number of para-hydroxylation sites is 3. The number of benzene rings is 7. The Labute approximate surface area is 316 Å². The van der Waals surface area contributed by atoms with Crippen molar-refractivity contribution in [3.05, 3.63) is 235 Å². The third-order valence-corrected chi connectivity index (χ3v) is 11.0. The number of nitrogens with zero attached hydrogens (tertiary/aromatic N) is 2. The van der Waals surface area contributed by atoms with Crippen LogP contribution in [0.5, 0.6) is 0 Å². The molecule has 10 rings (SSSR count). The zero-order valence-corrected chi connectivity index (χ0v) is 29.8. The fraction of sp³-hybridized carbons (Fsp3) is 0.0385. The molecule has 0 bridgehead atoms. The van der Waals surface area contributed by atoms with Crippen LogP contribution in [0.1, 0.15) is 22.7 Å². The summed E-state index contributed by atoms with van der Waals surface area (Å²) in [6, 6.07) is 68.2. The summed E-state index contributed by atoms with van der Waals surface area (Å²) < 4.78 is 2.45. The average molecular weight is 691 g/mol. The first-order valence-corrected chi connectivity index (χ1v) is 18.8. The molecular weight excluding hydrogens is 653 g/mol. The molecule has 8 aromatic rings. The molecule has 1 aromatic heterocycles. The van der Waals surface area contributed by atoms with Crippen LogP contribution in [-0.4, -0.2) is 4.57 Å². The minimum Gasteiger partial charge on any atom is -0.310 e. The van der Waals surface area contributed by atoms with Crippen LogP contribution in [-0.2, 0) is 0 Å². The van der Waals surface area contributed by atoms with Crippen LogP contribution in [0.15, 0.2) is 218 Å². The van der Waals surface area contributed by atoms with Gasteiger partial charge in [-0.05, 0) is 88.0 Å².